The van der Waals surface area contributed by atoms with Crippen LogP contribution in [-0.4, -0.2) is 22.4 Å². The summed E-state index contributed by atoms with van der Waals surface area (Å²) in [6, 6.07) is 17.2. The fourth-order valence-electron chi connectivity index (χ4n) is 3.28. The van der Waals surface area contributed by atoms with Gasteiger partial charge in [-0.3, -0.25) is 4.79 Å². The van der Waals surface area contributed by atoms with Crippen LogP contribution in [0.5, 0.6) is 0 Å². The summed E-state index contributed by atoms with van der Waals surface area (Å²) >= 11 is 5.98. The third kappa shape index (κ3) is 3.93. The molecule has 3 aromatic rings. The minimum atomic E-state index is -0.276. The van der Waals surface area contributed by atoms with Crippen LogP contribution in [0.4, 0.5) is 11.5 Å². The van der Waals surface area contributed by atoms with Gasteiger partial charge in [0.15, 0.2) is 0 Å². The number of halogens is 1. The van der Waals surface area contributed by atoms with Crippen molar-refractivity contribution in [1.29, 1.82) is 0 Å². The second kappa shape index (κ2) is 7.37. The van der Waals surface area contributed by atoms with Gasteiger partial charge in [0.05, 0.1) is 0 Å². The maximum absolute atomic E-state index is 12.6. The zero-order valence-corrected chi connectivity index (χ0v) is 15.7. The topological polar surface area (TPSA) is 58.1 Å². The normalized spacial score (nSPS) is 13.2. The van der Waals surface area contributed by atoms with Crippen molar-refractivity contribution in [2.45, 2.75) is 19.9 Å². The quantitative estimate of drug-likeness (QED) is 0.740. The van der Waals surface area contributed by atoms with Gasteiger partial charge in [-0.2, -0.15) is 0 Å². The van der Waals surface area contributed by atoms with E-state index in [-0.39, 0.29) is 5.91 Å². The first-order valence-electron chi connectivity index (χ1n) is 8.83. The molecule has 2 heterocycles. The lowest BCUT2D eigenvalue weighted by molar-refractivity contribution is 0.102. The summed E-state index contributed by atoms with van der Waals surface area (Å²) in [7, 11) is 0. The summed E-state index contributed by atoms with van der Waals surface area (Å²) < 4.78 is 0. The molecule has 0 unspecified atom stereocenters. The first-order valence-corrected chi connectivity index (χ1v) is 9.20. The number of nitrogens with one attached hydrogen (secondary N) is 1. The lowest BCUT2D eigenvalue weighted by Crippen LogP contribution is -2.31. The van der Waals surface area contributed by atoms with Gasteiger partial charge in [-0.25, -0.2) is 9.97 Å². The van der Waals surface area contributed by atoms with Crippen LogP contribution in [-0.2, 0) is 13.0 Å². The van der Waals surface area contributed by atoms with Gasteiger partial charge in [0.25, 0.3) is 5.91 Å². The SMILES string of the molecule is Cc1nc(C(=O)Nc2cccc(Cl)c2)cc(N2CCc3ccccc3C2)n1. The van der Waals surface area contributed by atoms with Gasteiger partial charge in [-0.1, -0.05) is 41.9 Å². The summed E-state index contributed by atoms with van der Waals surface area (Å²) in [6.45, 7) is 3.45. The molecule has 5 nitrogen and oxygen atoms in total. The third-order valence-electron chi connectivity index (χ3n) is 4.59. The summed E-state index contributed by atoms with van der Waals surface area (Å²) in [5.74, 6) is 1.07. The number of amides is 1. The molecule has 2 aromatic carbocycles. The monoisotopic (exact) mass is 378 g/mol. The molecule has 0 aliphatic carbocycles. The number of nitrogens with zero attached hydrogens (tertiary/aromatic N) is 3. The zero-order chi connectivity index (χ0) is 18.8. The van der Waals surface area contributed by atoms with Crippen LogP contribution < -0.4 is 10.2 Å². The minimum Gasteiger partial charge on any atom is -0.352 e. The second-order valence-corrected chi connectivity index (χ2v) is 7.00. The largest absolute Gasteiger partial charge is 0.352 e. The van der Waals surface area contributed by atoms with Gasteiger partial charge in [0.1, 0.15) is 17.3 Å². The number of fused-ring (bicyclic) bond motifs is 1. The number of aryl methyl sites for hydroxylation is 1. The highest BCUT2D eigenvalue weighted by Crippen LogP contribution is 2.24. The van der Waals surface area contributed by atoms with Gasteiger partial charge in [0, 0.05) is 29.9 Å². The second-order valence-electron chi connectivity index (χ2n) is 6.56. The number of aromatic nitrogens is 2. The van der Waals surface area contributed by atoms with E-state index in [2.05, 4.69) is 44.5 Å². The first kappa shape index (κ1) is 17.5. The van der Waals surface area contributed by atoms with Gasteiger partial charge >= 0.3 is 0 Å². The molecule has 0 bridgehead atoms. The van der Waals surface area contributed by atoms with Crippen molar-refractivity contribution in [3.63, 3.8) is 0 Å². The van der Waals surface area contributed by atoms with Crippen molar-refractivity contribution in [1.82, 2.24) is 9.97 Å². The molecule has 4 rings (SSSR count). The lowest BCUT2D eigenvalue weighted by atomic mass is 10.00. The van der Waals surface area contributed by atoms with E-state index in [1.165, 1.54) is 11.1 Å². The molecule has 1 amide bonds. The summed E-state index contributed by atoms with van der Waals surface area (Å²) in [5, 5.41) is 3.41. The van der Waals surface area contributed by atoms with E-state index in [1.54, 1.807) is 37.3 Å². The zero-order valence-electron chi connectivity index (χ0n) is 14.9. The van der Waals surface area contributed by atoms with Crippen LogP contribution in [0.1, 0.15) is 27.4 Å². The average molecular weight is 379 g/mol. The average Bonchev–Trinajstić information content (AvgIpc) is 2.67. The van der Waals surface area contributed by atoms with Crippen molar-refractivity contribution >= 4 is 29.0 Å². The van der Waals surface area contributed by atoms with E-state index >= 15 is 0 Å². The number of carbonyl (C=O) groups is 1. The van der Waals surface area contributed by atoms with Crippen molar-refractivity contribution in [2.24, 2.45) is 0 Å². The van der Waals surface area contributed by atoms with Crippen LogP contribution in [0.2, 0.25) is 5.02 Å². The molecule has 1 aromatic heterocycles. The number of hydrogen-bond donors (Lipinski definition) is 1. The molecule has 0 radical (unpaired) electrons. The molecule has 0 spiro atoms. The highest BCUT2D eigenvalue weighted by Gasteiger charge is 2.19. The Morgan fingerprint density at radius 2 is 1.89 bits per heavy atom. The number of hydrogen-bond acceptors (Lipinski definition) is 4. The number of rotatable bonds is 3. The highest BCUT2D eigenvalue weighted by molar-refractivity contribution is 6.30. The van der Waals surface area contributed by atoms with E-state index < -0.39 is 0 Å². The Bertz CT molecular complexity index is 1000. The molecule has 0 atom stereocenters. The van der Waals surface area contributed by atoms with Gasteiger partial charge in [-0.05, 0) is 42.7 Å². The van der Waals surface area contributed by atoms with Crippen LogP contribution in [0.25, 0.3) is 0 Å². The molecule has 1 aliphatic rings. The Morgan fingerprint density at radius 1 is 1.07 bits per heavy atom. The lowest BCUT2D eigenvalue weighted by Gasteiger charge is -2.30. The van der Waals surface area contributed by atoms with Crippen LogP contribution in [0, 0.1) is 6.92 Å². The molecule has 0 saturated carbocycles. The predicted octanol–water partition coefficient (Wildman–Crippen LogP) is 4.25. The Morgan fingerprint density at radius 3 is 2.70 bits per heavy atom. The molecule has 27 heavy (non-hydrogen) atoms. The highest BCUT2D eigenvalue weighted by atomic mass is 35.5. The van der Waals surface area contributed by atoms with E-state index in [0.29, 0.717) is 22.2 Å². The molecule has 1 aliphatic heterocycles. The fourth-order valence-corrected chi connectivity index (χ4v) is 3.47. The van der Waals surface area contributed by atoms with Gasteiger partial charge in [0.2, 0.25) is 0 Å². The van der Waals surface area contributed by atoms with Crippen LogP contribution in [0.15, 0.2) is 54.6 Å². The maximum Gasteiger partial charge on any atom is 0.274 e. The fraction of sp³-hybridized carbons (Fsp3) is 0.190. The van der Waals surface area contributed by atoms with E-state index in [0.717, 1.165) is 25.3 Å². The summed E-state index contributed by atoms with van der Waals surface area (Å²) in [6.07, 6.45) is 0.962. The standard InChI is InChI=1S/C21H19ClN4O/c1-14-23-19(21(27)25-18-8-4-7-17(22)11-18)12-20(24-14)26-10-9-15-5-2-3-6-16(15)13-26/h2-8,11-12H,9-10,13H2,1H3,(H,25,27). The predicted molar refractivity (Wildman–Crippen MR) is 107 cm³/mol. The molecule has 136 valence electrons. The van der Waals surface area contributed by atoms with Crippen LogP contribution in [0.3, 0.4) is 0 Å². The van der Waals surface area contributed by atoms with Crippen molar-refractivity contribution < 1.29 is 4.79 Å². The smallest absolute Gasteiger partial charge is 0.274 e. The Kier molecular flexibility index (Phi) is 4.77. The molecular weight excluding hydrogens is 360 g/mol. The maximum atomic E-state index is 12.6. The molecular formula is C21H19ClN4O. The van der Waals surface area contributed by atoms with E-state index in [1.807, 2.05) is 0 Å². The Balaban J connectivity index is 1.57. The molecule has 0 fully saturated rings. The summed E-state index contributed by atoms with van der Waals surface area (Å²) in [5.41, 5.74) is 3.65. The molecule has 0 saturated heterocycles. The van der Waals surface area contributed by atoms with Crippen molar-refractivity contribution in [2.75, 3.05) is 16.8 Å². The number of anilines is 2. The molecule has 6 heteroatoms. The first-order chi connectivity index (χ1) is 13.1. The number of benzene rings is 2. The van der Waals surface area contributed by atoms with Gasteiger partial charge < -0.3 is 10.2 Å². The van der Waals surface area contributed by atoms with Gasteiger partial charge in [-0.15, -0.1) is 0 Å². The van der Waals surface area contributed by atoms with Crippen molar-refractivity contribution in [3.8, 4) is 0 Å². The summed E-state index contributed by atoms with van der Waals surface area (Å²) in [4.78, 5) is 23.7. The van der Waals surface area contributed by atoms with E-state index in [9.17, 15) is 4.79 Å². The Hall–Kier alpha value is -2.92. The number of carbonyl (C=O) groups excluding carboxylic acids is 1. The Labute approximate surface area is 163 Å². The minimum absolute atomic E-state index is 0.276. The third-order valence-corrected chi connectivity index (χ3v) is 4.83. The van der Waals surface area contributed by atoms with Crippen LogP contribution >= 0.6 is 11.6 Å². The van der Waals surface area contributed by atoms with E-state index in [4.69, 9.17) is 11.6 Å². The van der Waals surface area contributed by atoms with Crippen molar-refractivity contribution in [3.05, 3.63) is 82.3 Å². The molecule has 1 N–H and O–H groups in total.